The van der Waals surface area contributed by atoms with E-state index in [1.165, 1.54) is 14.2 Å². The van der Waals surface area contributed by atoms with Crippen LogP contribution in [0.5, 0.6) is 0 Å². The lowest BCUT2D eigenvalue weighted by atomic mass is 9.99. The van der Waals surface area contributed by atoms with Gasteiger partial charge in [0, 0.05) is 0 Å². The molecule has 0 aliphatic heterocycles. The minimum atomic E-state index is -1.07. The minimum absolute atomic E-state index is 0.00204. The van der Waals surface area contributed by atoms with Crippen LogP contribution in [0.25, 0.3) is 0 Å². The van der Waals surface area contributed by atoms with Crippen molar-refractivity contribution < 1.29 is 33.4 Å². The van der Waals surface area contributed by atoms with Gasteiger partial charge in [0.05, 0.1) is 20.1 Å². The number of ether oxygens (including phenoxy) is 3. The van der Waals surface area contributed by atoms with Gasteiger partial charge in [-0.3, -0.25) is 9.59 Å². The molecule has 2 N–H and O–H groups in total. The van der Waals surface area contributed by atoms with Gasteiger partial charge in [0.2, 0.25) is 5.91 Å². The molecule has 1 aromatic rings. The zero-order valence-electron chi connectivity index (χ0n) is 18.7. The molecule has 2 amide bonds. The largest absolute Gasteiger partial charge is 0.469 e. The number of rotatable bonds is 11. The van der Waals surface area contributed by atoms with Crippen LogP contribution in [0.4, 0.5) is 4.79 Å². The maximum atomic E-state index is 12.8. The highest BCUT2D eigenvalue weighted by Gasteiger charge is 2.31. The van der Waals surface area contributed by atoms with E-state index in [-0.39, 0.29) is 18.9 Å². The molecule has 0 saturated carbocycles. The van der Waals surface area contributed by atoms with Crippen LogP contribution in [0.1, 0.15) is 39.2 Å². The molecule has 3 atom stereocenters. The molecule has 9 heteroatoms. The van der Waals surface area contributed by atoms with Crippen molar-refractivity contribution in [2.24, 2.45) is 11.8 Å². The van der Waals surface area contributed by atoms with Gasteiger partial charge < -0.3 is 24.8 Å². The third kappa shape index (κ3) is 9.50. The minimum Gasteiger partial charge on any atom is -0.469 e. The van der Waals surface area contributed by atoms with Gasteiger partial charge >= 0.3 is 18.0 Å². The molecule has 0 aromatic heterocycles. The van der Waals surface area contributed by atoms with E-state index in [1.807, 2.05) is 44.2 Å². The van der Waals surface area contributed by atoms with Gasteiger partial charge in [-0.25, -0.2) is 9.59 Å². The Morgan fingerprint density at radius 3 is 2.00 bits per heavy atom. The molecule has 1 aromatic carbocycles. The first-order chi connectivity index (χ1) is 14.7. The fraction of sp³-hybridized carbons (Fsp3) is 0.545. The zero-order chi connectivity index (χ0) is 23.4. The summed E-state index contributed by atoms with van der Waals surface area (Å²) < 4.78 is 14.6. The average Bonchev–Trinajstić information content (AvgIpc) is 2.75. The van der Waals surface area contributed by atoms with Crippen LogP contribution in [-0.2, 0) is 35.2 Å². The van der Waals surface area contributed by atoms with E-state index in [9.17, 15) is 19.2 Å². The number of benzene rings is 1. The van der Waals surface area contributed by atoms with Crippen molar-refractivity contribution in [1.29, 1.82) is 0 Å². The zero-order valence-corrected chi connectivity index (χ0v) is 18.7. The predicted octanol–water partition coefficient (Wildman–Crippen LogP) is 2.18. The lowest BCUT2D eigenvalue weighted by molar-refractivity contribution is -0.149. The van der Waals surface area contributed by atoms with Crippen LogP contribution in [0, 0.1) is 11.8 Å². The normalized spacial score (nSPS) is 13.5. The third-order valence-corrected chi connectivity index (χ3v) is 4.52. The lowest BCUT2D eigenvalue weighted by Crippen LogP contribution is -2.52. The number of hydrogen-bond acceptors (Lipinski definition) is 7. The number of carbonyl (C=O) groups excluding carboxylic acids is 4. The molecule has 31 heavy (non-hydrogen) atoms. The van der Waals surface area contributed by atoms with Crippen molar-refractivity contribution in [3.05, 3.63) is 35.9 Å². The Labute approximate surface area is 182 Å². The number of nitrogens with one attached hydrogen (secondary N) is 2. The Hall–Kier alpha value is -3.10. The summed E-state index contributed by atoms with van der Waals surface area (Å²) in [5.74, 6) is -2.33. The Balaban J connectivity index is 2.79. The number of alkyl carbamates (subject to hydrolysis) is 1. The predicted molar refractivity (Wildman–Crippen MR) is 113 cm³/mol. The van der Waals surface area contributed by atoms with E-state index in [2.05, 4.69) is 15.4 Å². The number of amides is 2. The topological polar surface area (TPSA) is 120 Å². The molecule has 1 rings (SSSR count). The van der Waals surface area contributed by atoms with Crippen molar-refractivity contribution in [3.63, 3.8) is 0 Å². The Morgan fingerprint density at radius 1 is 0.839 bits per heavy atom. The molecule has 0 spiro atoms. The van der Waals surface area contributed by atoms with Crippen LogP contribution in [0.3, 0.4) is 0 Å². The van der Waals surface area contributed by atoms with Gasteiger partial charge in [-0.15, -0.1) is 0 Å². The van der Waals surface area contributed by atoms with Gasteiger partial charge in [0.15, 0.2) is 0 Å². The highest BCUT2D eigenvalue weighted by molar-refractivity contribution is 5.90. The molecule has 9 nitrogen and oxygen atoms in total. The van der Waals surface area contributed by atoms with Gasteiger partial charge in [-0.1, -0.05) is 51.1 Å². The summed E-state index contributed by atoms with van der Waals surface area (Å²) in [5.41, 5.74) is 0.810. The second-order valence-electron chi connectivity index (χ2n) is 7.63. The van der Waals surface area contributed by atoms with Crippen molar-refractivity contribution in [2.45, 2.75) is 52.3 Å². The molecule has 0 aliphatic carbocycles. The maximum absolute atomic E-state index is 12.8. The third-order valence-electron chi connectivity index (χ3n) is 4.52. The maximum Gasteiger partial charge on any atom is 0.408 e. The average molecular weight is 437 g/mol. The summed E-state index contributed by atoms with van der Waals surface area (Å²) in [4.78, 5) is 48.9. The van der Waals surface area contributed by atoms with Gasteiger partial charge in [-0.2, -0.15) is 0 Å². The number of hydrogen-bond donors (Lipinski definition) is 2. The second kappa shape index (κ2) is 13.3. The lowest BCUT2D eigenvalue weighted by Gasteiger charge is -2.24. The molecule has 0 unspecified atom stereocenters. The van der Waals surface area contributed by atoms with Crippen LogP contribution >= 0.6 is 0 Å². The second-order valence-corrected chi connectivity index (χ2v) is 7.63. The molecule has 0 heterocycles. The van der Waals surface area contributed by atoms with E-state index in [0.29, 0.717) is 6.42 Å². The van der Waals surface area contributed by atoms with Gasteiger partial charge in [-0.05, 0) is 24.3 Å². The van der Waals surface area contributed by atoms with E-state index in [0.717, 1.165) is 5.56 Å². The molecular weight excluding hydrogens is 404 g/mol. The number of carbonyl (C=O) groups is 4. The summed E-state index contributed by atoms with van der Waals surface area (Å²) in [5, 5.41) is 5.12. The van der Waals surface area contributed by atoms with E-state index in [4.69, 9.17) is 9.47 Å². The summed E-state index contributed by atoms with van der Waals surface area (Å²) in [7, 11) is 2.43. The number of methoxy groups -OCH3 is 2. The van der Waals surface area contributed by atoms with Gasteiger partial charge in [0.25, 0.3) is 0 Å². The molecule has 0 saturated heterocycles. The van der Waals surface area contributed by atoms with Crippen LogP contribution in [-0.4, -0.2) is 50.2 Å². The molecular formula is C22H32N2O7. The van der Waals surface area contributed by atoms with E-state index >= 15 is 0 Å². The van der Waals surface area contributed by atoms with Crippen molar-refractivity contribution in [3.8, 4) is 0 Å². The fourth-order valence-corrected chi connectivity index (χ4v) is 2.89. The fourth-order valence-electron chi connectivity index (χ4n) is 2.89. The molecule has 172 valence electrons. The summed E-state index contributed by atoms with van der Waals surface area (Å²) in [6, 6.07) is 7.14. The molecule has 0 fully saturated rings. The highest BCUT2D eigenvalue weighted by Crippen LogP contribution is 2.12. The summed E-state index contributed by atoms with van der Waals surface area (Å²) in [6.45, 7) is 5.44. The van der Waals surface area contributed by atoms with Crippen molar-refractivity contribution >= 4 is 23.9 Å². The number of esters is 2. The smallest absolute Gasteiger partial charge is 0.408 e. The quantitative estimate of drug-likeness (QED) is 0.403. The van der Waals surface area contributed by atoms with Gasteiger partial charge in [0.1, 0.15) is 18.7 Å². The highest BCUT2D eigenvalue weighted by atomic mass is 16.5. The summed E-state index contributed by atoms with van der Waals surface area (Å²) >= 11 is 0. The van der Waals surface area contributed by atoms with Crippen molar-refractivity contribution in [1.82, 2.24) is 10.6 Å². The monoisotopic (exact) mass is 436 g/mol. The SMILES string of the molecule is COC(=O)[C@@H](C)C[C@@H](NC(=O)[C@H](CC(C)C)NC(=O)OCc1ccccc1)C(=O)OC. The summed E-state index contributed by atoms with van der Waals surface area (Å²) in [6.07, 6.45) is -0.424. The van der Waals surface area contributed by atoms with Crippen molar-refractivity contribution in [2.75, 3.05) is 14.2 Å². The van der Waals surface area contributed by atoms with E-state index < -0.39 is 41.9 Å². The molecule has 0 aliphatic rings. The first kappa shape index (κ1) is 25.9. The Morgan fingerprint density at radius 2 is 1.45 bits per heavy atom. The Kier molecular flexibility index (Phi) is 11.1. The first-order valence-electron chi connectivity index (χ1n) is 10.1. The molecule has 0 radical (unpaired) electrons. The van der Waals surface area contributed by atoms with Crippen LogP contribution < -0.4 is 10.6 Å². The Bertz CT molecular complexity index is 737. The van der Waals surface area contributed by atoms with Crippen LogP contribution in [0.2, 0.25) is 0 Å². The standard InChI is InChI=1S/C22H32N2O7/c1-14(2)11-17(24-22(28)31-13-16-9-7-6-8-10-16)19(25)23-18(21(27)30-5)12-15(3)20(26)29-4/h6-10,14-15,17-18H,11-13H2,1-5H3,(H,23,25)(H,24,28)/t15-,17-,18+/m0/s1. The van der Waals surface area contributed by atoms with E-state index in [1.54, 1.807) is 6.92 Å². The molecule has 0 bridgehead atoms. The first-order valence-corrected chi connectivity index (χ1v) is 10.1. The van der Waals surface area contributed by atoms with Crippen LogP contribution in [0.15, 0.2) is 30.3 Å².